The van der Waals surface area contributed by atoms with E-state index < -0.39 is 0 Å². The largest absolute Gasteiger partial charge is 0.459 e. The van der Waals surface area contributed by atoms with Crippen LogP contribution in [0.3, 0.4) is 0 Å². The molecule has 1 aliphatic heterocycles. The van der Waals surface area contributed by atoms with Gasteiger partial charge < -0.3 is 18.8 Å². The minimum atomic E-state index is -0.289. The van der Waals surface area contributed by atoms with Crippen LogP contribution in [0.25, 0.3) is 0 Å². The molecule has 6 nitrogen and oxygen atoms in total. The van der Waals surface area contributed by atoms with Crippen LogP contribution in [-0.2, 0) is 11.3 Å². The van der Waals surface area contributed by atoms with Gasteiger partial charge in [-0.2, -0.15) is 0 Å². The Hall–Kier alpha value is -2.99. The minimum absolute atomic E-state index is 0.0189. The van der Waals surface area contributed by atoms with E-state index in [0.717, 1.165) is 11.3 Å². The van der Waals surface area contributed by atoms with E-state index in [-0.39, 0.29) is 36.2 Å². The highest BCUT2D eigenvalue weighted by atomic mass is 35.5. The van der Waals surface area contributed by atoms with E-state index in [9.17, 15) is 9.59 Å². The SMILES string of the molecule is CC(C)N(CC(=O)N1CCn2cccc2C1c1cccc(Cl)c1)C(=O)c1ccco1. The molecule has 30 heavy (non-hydrogen) atoms. The van der Waals surface area contributed by atoms with Gasteiger partial charge in [-0.3, -0.25) is 9.59 Å². The number of rotatable bonds is 5. The highest BCUT2D eigenvalue weighted by molar-refractivity contribution is 6.30. The number of carbonyl (C=O) groups is 2. The molecule has 7 heteroatoms. The molecule has 1 unspecified atom stereocenters. The molecule has 156 valence electrons. The third-order valence-corrected chi connectivity index (χ3v) is 5.68. The molecule has 1 aromatic carbocycles. The molecule has 0 fully saturated rings. The number of aromatic nitrogens is 1. The first-order chi connectivity index (χ1) is 14.5. The van der Waals surface area contributed by atoms with Crippen molar-refractivity contribution in [1.82, 2.24) is 14.4 Å². The van der Waals surface area contributed by atoms with E-state index in [1.807, 2.05) is 61.3 Å². The number of carbonyl (C=O) groups excluding carboxylic acids is 2. The van der Waals surface area contributed by atoms with Crippen LogP contribution in [0.1, 0.15) is 41.7 Å². The van der Waals surface area contributed by atoms with Crippen LogP contribution in [-0.4, -0.2) is 45.3 Å². The van der Waals surface area contributed by atoms with Gasteiger partial charge in [-0.25, -0.2) is 0 Å². The normalized spacial score (nSPS) is 15.9. The van der Waals surface area contributed by atoms with Crippen LogP contribution >= 0.6 is 11.6 Å². The highest BCUT2D eigenvalue weighted by Crippen LogP contribution is 2.33. The summed E-state index contributed by atoms with van der Waals surface area (Å²) in [5.74, 6) is -0.167. The molecule has 1 atom stereocenters. The van der Waals surface area contributed by atoms with Gasteiger partial charge in [0.05, 0.1) is 12.3 Å². The van der Waals surface area contributed by atoms with Gasteiger partial charge in [-0.1, -0.05) is 23.7 Å². The quantitative estimate of drug-likeness (QED) is 0.615. The lowest BCUT2D eigenvalue weighted by Gasteiger charge is -2.39. The number of furan rings is 1. The summed E-state index contributed by atoms with van der Waals surface area (Å²) in [6.07, 6.45) is 3.48. The number of nitrogens with zero attached hydrogens (tertiary/aromatic N) is 3. The van der Waals surface area contributed by atoms with Crippen molar-refractivity contribution in [1.29, 1.82) is 0 Å². The van der Waals surface area contributed by atoms with Gasteiger partial charge in [-0.05, 0) is 55.8 Å². The fourth-order valence-electron chi connectivity index (χ4n) is 3.95. The van der Waals surface area contributed by atoms with Crippen molar-refractivity contribution in [3.8, 4) is 0 Å². The number of hydrogen-bond donors (Lipinski definition) is 0. The van der Waals surface area contributed by atoms with Gasteiger partial charge in [0.25, 0.3) is 5.91 Å². The highest BCUT2D eigenvalue weighted by Gasteiger charge is 2.34. The average molecular weight is 426 g/mol. The van der Waals surface area contributed by atoms with Crippen molar-refractivity contribution in [3.63, 3.8) is 0 Å². The van der Waals surface area contributed by atoms with Gasteiger partial charge in [0.15, 0.2) is 5.76 Å². The molecule has 0 spiro atoms. The smallest absolute Gasteiger partial charge is 0.290 e. The molecular formula is C23H24ClN3O3. The molecule has 0 aliphatic carbocycles. The van der Waals surface area contributed by atoms with Crippen molar-refractivity contribution in [2.75, 3.05) is 13.1 Å². The predicted molar refractivity (Wildman–Crippen MR) is 114 cm³/mol. The van der Waals surface area contributed by atoms with Crippen LogP contribution in [0, 0.1) is 0 Å². The molecule has 0 saturated carbocycles. The summed E-state index contributed by atoms with van der Waals surface area (Å²) in [5.41, 5.74) is 1.98. The summed E-state index contributed by atoms with van der Waals surface area (Å²) < 4.78 is 7.42. The summed E-state index contributed by atoms with van der Waals surface area (Å²) in [5, 5.41) is 0.625. The maximum Gasteiger partial charge on any atom is 0.290 e. The molecular weight excluding hydrogens is 402 g/mol. The molecule has 2 amide bonds. The Morgan fingerprint density at radius 2 is 2.00 bits per heavy atom. The van der Waals surface area contributed by atoms with E-state index in [4.69, 9.17) is 16.0 Å². The van der Waals surface area contributed by atoms with Crippen LogP contribution in [0.15, 0.2) is 65.4 Å². The van der Waals surface area contributed by atoms with E-state index >= 15 is 0 Å². The summed E-state index contributed by atoms with van der Waals surface area (Å²) in [6.45, 7) is 5.03. The summed E-state index contributed by atoms with van der Waals surface area (Å²) in [4.78, 5) is 29.7. The molecule has 1 aliphatic rings. The first kappa shape index (κ1) is 20.3. The first-order valence-corrected chi connectivity index (χ1v) is 10.4. The van der Waals surface area contributed by atoms with Crippen LogP contribution < -0.4 is 0 Å². The maximum absolute atomic E-state index is 13.4. The second-order valence-electron chi connectivity index (χ2n) is 7.68. The third-order valence-electron chi connectivity index (χ3n) is 5.44. The van der Waals surface area contributed by atoms with E-state index in [0.29, 0.717) is 18.1 Å². The van der Waals surface area contributed by atoms with E-state index in [1.165, 1.54) is 6.26 Å². The molecule has 0 bridgehead atoms. The first-order valence-electron chi connectivity index (χ1n) is 10.00. The molecule has 4 rings (SSSR count). The molecule has 2 aromatic heterocycles. The molecule has 0 N–H and O–H groups in total. The number of amides is 2. The predicted octanol–water partition coefficient (Wildman–Crippen LogP) is 4.22. The summed E-state index contributed by atoms with van der Waals surface area (Å²) in [6, 6.07) is 14.5. The van der Waals surface area contributed by atoms with Gasteiger partial charge in [0, 0.05) is 36.0 Å². The van der Waals surface area contributed by atoms with Crippen molar-refractivity contribution >= 4 is 23.4 Å². The Morgan fingerprint density at radius 1 is 1.17 bits per heavy atom. The molecule has 0 radical (unpaired) electrons. The lowest BCUT2D eigenvalue weighted by Crippen LogP contribution is -2.49. The third kappa shape index (κ3) is 3.87. The van der Waals surface area contributed by atoms with Gasteiger partial charge in [-0.15, -0.1) is 0 Å². The monoisotopic (exact) mass is 425 g/mol. The zero-order valence-corrected chi connectivity index (χ0v) is 17.7. The lowest BCUT2D eigenvalue weighted by molar-refractivity contribution is -0.135. The fourth-order valence-corrected chi connectivity index (χ4v) is 4.15. The second kappa shape index (κ2) is 8.40. The zero-order valence-electron chi connectivity index (χ0n) is 17.0. The Balaban J connectivity index is 1.64. The van der Waals surface area contributed by atoms with Crippen LogP contribution in [0.5, 0.6) is 0 Å². The Morgan fingerprint density at radius 3 is 2.70 bits per heavy atom. The minimum Gasteiger partial charge on any atom is -0.459 e. The second-order valence-corrected chi connectivity index (χ2v) is 8.11. The van der Waals surface area contributed by atoms with Crippen LogP contribution in [0.4, 0.5) is 0 Å². The summed E-state index contributed by atoms with van der Waals surface area (Å²) in [7, 11) is 0. The van der Waals surface area contributed by atoms with Crippen LogP contribution in [0.2, 0.25) is 5.02 Å². The van der Waals surface area contributed by atoms with Gasteiger partial charge in [0.2, 0.25) is 5.91 Å². The van der Waals surface area contributed by atoms with Crippen molar-refractivity contribution in [2.24, 2.45) is 0 Å². The zero-order chi connectivity index (χ0) is 21.3. The average Bonchev–Trinajstić information content (AvgIpc) is 3.42. The van der Waals surface area contributed by atoms with E-state index in [1.54, 1.807) is 17.0 Å². The Kier molecular flexibility index (Phi) is 5.68. The summed E-state index contributed by atoms with van der Waals surface area (Å²) >= 11 is 6.24. The standard InChI is InChI=1S/C23H24ClN3O3/c1-16(2)27(23(29)20-9-5-13-30-20)15-21(28)26-12-11-25-10-4-8-19(25)22(26)17-6-3-7-18(24)14-17/h3-10,13-14,16,22H,11-12,15H2,1-2H3. The molecule has 3 aromatic rings. The number of halogens is 1. The lowest BCUT2D eigenvalue weighted by atomic mass is 9.99. The number of fused-ring (bicyclic) bond motifs is 1. The fraction of sp³-hybridized carbons (Fsp3) is 0.304. The Labute approximate surface area is 180 Å². The number of hydrogen-bond acceptors (Lipinski definition) is 3. The van der Waals surface area contributed by atoms with Gasteiger partial charge in [0.1, 0.15) is 6.54 Å². The van der Waals surface area contributed by atoms with Crippen molar-refractivity contribution in [3.05, 3.63) is 83.0 Å². The maximum atomic E-state index is 13.4. The van der Waals surface area contributed by atoms with Gasteiger partial charge >= 0.3 is 0 Å². The van der Waals surface area contributed by atoms with E-state index in [2.05, 4.69) is 4.57 Å². The molecule has 3 heterocycles. The topological polar surface area (TPSA) is 58.7 Å². The molecule has 0 saturated heterocycles. The van der Waals surface area contributed by atoms with Crippen molar-refractivity contribution < 1.29 is 14.0 Å². The van der Waals surface area contributed by atoms with Crippen molar-refractivity contribution in [2.45, 2.75) is 32.5 Å². The Bertz CT molecular complexity index is 1040. The number of benzene rings is 1.